The molecule has 0 bridgehead atoms. The predicted octanol–water partition coefficient (Wildman–Crippen LogP) is 4.45. The van der Waals surface area contributed by atoms with Crippen LogP contribution >= 0.6 is 11.6 Å². The van der Waals surface area contributed by atoms with Crippen LogP contribution < -0.4 is 10.2 Å². The van der Waals surface area contributed by atoms with E-state index >= 15 is 0 Å². The number of aromatic nitrogens is 2. The van der Waals surface area contributed by atoms with Gasteiger partial charge in [0.2, 0.25) is 0 Å². The molecule has 0 saturated heterocycles. The Balaban J connectivity index is 1.61. The molecule has 3 rings (SSSR count). The van der Waals surface area contributed by atoms with Crippen LogP contribution in [0.1, 0.15) is 30.5 Å². The van der Waals surface area contributed by atoms with Gasteiger partial charge in [0.05, 0.1) is 12.0 Å². The topological polar surface area (TPSA) is 68.5 Å². The van der Waals surface area contributed by atoms with Gasteiger partial charge < -0.3 is 9.30 Å². The fraction of sp³-hybridized carbons (Fsp3) is 0.227. The first-order valence-electron chi connectivity index (χ1n) is 9.21. The standard InChI is InChI=1S/C22H23ClN4O2/c1-14-11-20(12-15(2)21(14)23)29-17(4)22(28)26-25-16(3)18-5-7-19(8-6-18)27-10-9-24-13-27/h5-13,17H,1-4H3,(H,26,28). The fourth-order valence-electron chi connectivity index (χ4n) is 2.81. The first-order chi connectivity index (χ1) is 13.8. The maximum atomic E-state index is 12.3. The zero-order valence-electron chi connectivity index (χ0n) is 16.8. The lowest BCUT2D eigenvalue weighted by molar-refractivity contribution is -0.127. The molecule has 2 aromatic carbocycles. The van der Waals surface area contributed by atoms with Gasteiger partial charge in [-0.1, -0.05) is 23.7 Å². The summed E-state index contributed by atoms with van der Waals surface area (Å²) in [6.07, 6.45) is 4.64. The highest BCUT2D eigenvalue weighted by molar-refractivity contribution is 6.32. The average molecular weight is 411 g/mol. The molecule has 0 radical (unpaired) electrons. The number of rotatable bonds is 6. The Hall–Kier alpha value is -3.12. The molecule has 1 amide bonds. The molecule has 1 N–H and O–H groups in total. The molecular formula is C22H23ClN4O2. The number of hydrazone groups is 1. The minimum atomic E-state index is -0.699. The molecule has 3 aromatic rings. The molecule has 1 atom stereocenters. The largest absolute Gasteiger partial charge is 0.481 e. The number of halogens is 1. The summed E-state index contributed by atoms with van der Waals surface area (Å²) < 4.78 is 7.65. The lowest BCUT2D eigenvalue weighted by Gasteiger charge is -2.15. The van der Waals surface area contributed by atoms with Gasteiger partial charge in [-0.15, -0.1) is 0 Å². The van der Waals surface area contributed by atoms with E-state index in [-0.39, 0.29) is 5.91 Å². The quantitative estimate of drug-likeness (QED) is 0.482. The van der Waals surface area contributed by atoms with Gasteiger partial charge in [0.15, 0.2) is 6.10 Å². The van der Waals surface area contributed by atoms with Crippen molar-refractivity contribution in [2.24, 2.45) is 5.10 Å². The van der Waals surface area contributed by atoms with Crippen LogP contribution in [0, 0.1) is 13.8 Å². The predicted molar refractivity (Wildman–Crippen MR) is 115 cm³/mol. The molecule has 0 aliphatic rings. The Morgan fingerprint density at radius 2 is 1.86 bits per heavy atom. The van der Waals surface area contributed by atoms with Crippen molar-refractivity contribution >= 4 is 23.2 Å². The van der Waals surface area contributed by atoms with Crippen molar-refractivity contribution in [3.05, 3.63) is 76.8 Å². The first-order valence-corrected chi connectivity index (χ1v) is 9.59. The molecule has 1 heterocycles. The zero-order valence-corrected chi connectivity index (χ0v) is 17.6. The number of aryl methyl sites for hydroxylation is 2. The number of hydrogen-bond acceptors (Lipinski definition) is 4. The number of benzene rings is 2. The molecular weight excluding hydrogens is 388 g/mol. The van der Waals surface area contributed by atoms with Crippen LogP contribution in [-0.2, 0) is 4.79 Å². The van der Waals surface area contributed by atoms with Gasteiger partial charge in [0.25, 0.3) is 5.91 Å². The van der Waals surface area contributed by atoms with E-state index in [0.29, 0.717) is 16.5 Å². The van der Waals surface area contributed by atoms with E-state index in [4.69, 9.17) is 16.3 Å². The highest BCUT2D eigenvalue weighted by Gasteiger charge is 2.15. The molecule has 1 unspecified atom stereocenters. The summed E-state index contributed by atoms with van der Waals surface area (Å²) in [5.74, 6) is 0.271. The normalized spacial score (nSPS) is 12.5. The van der Waals surface area contributed by atoms with Crippen LogP contribution in [0.2, 0.25) is 5.02 Å². The summed E-state index contributed by atoms with van der Waals surface area (Å²) in [6.45, 7) is 7.32. The summed E-state index contributed by atoms with van der Waals surface area (Å²) >= 11 is 6.17. The molecule has 0 fully saturated rings. The number of carbonyl (C=O) groups excluding carboxylic acids is 1. The highest BCUT2D eigenvalue weighted by atomic mass is 35.5. The number of nitrogens with zero attached hydrogens (tertiary/aromatic N) is 3. The van der Waals surface area contributed by atoms with E-state index in [1.165, 1.54) is 0 Å². The third-order valence-electron chi connectivity index (χ3n) is 4.51. The molecule has 0 saturated carbocycles. The Morgan fingerprint density at radius 3 is 2.45 bits per heavy atom. The molecule has 0 aliphatic heterocycles. The summed E-state index contributed by atoms with van der Waals surface area (Å²) in [4.78, 5) is 16.4. The second kappa shape index (κ2) is 8.92. The Labute approximate surface area is 175 Å². The van der Waals surface area contributed by atoms with Crippen LogP contribution in [0.3, 0.4) is 0 Å². The van der Waals surface area contributed by atoms with Crippen LogP contribution in [0.4, 0.5) is 0 Å². The van der Waals surface area contributed by atoms with E-state index in [1.807, 2.05) is 67.9 Å². The minimum absolute atomic E-state index is 0.329. The summed E-state index contributed by atoms with van der Waals surface area (Å²) in [6, 6.07) is 11.5. The van der Waals surface area contributed by atoms with Gasteiger partial charge in [-0.2, -0.15) is 5.10 Å². The van der Waals surface area contributed by atoms with Gasteiger partial charge >= 0.3 is 0 Å². The average Bonchev–Trinajstić information content (AvgIpc) is 3.24. The monoisotopic (exact) mass is 410 g/mol. The molecule has 7 heteroatoms. The number of amides is 1. The number of nitrogens with one attached hydrogen (secondary N) is 1. The summed E-state index contributed by atoms with van der Waals surface area (Å²) in [5, 5.41) is 4.90. The van der Waals surface area contributed by atoms with E-state index < -0.39 is 6.10 Å². The van der Waals surface area contributed by atoms with Gasteiger partial charge in [-0.05, 0) is 68.7 Å². The van der Waals surface area contributed by atoms with E-state index in [2.05, 4.69) is 15.5 Å². The van der Waals surface area contributed by atoms with Crippen molar-refractivity contribution in [1.29, 1.82) is 0 Å². The minimum Gasteiger partial charge on any atom is -0.481 e. The van der Waals surface area contributed by atoms with Crippen LogP contribution in [0.25, 0.3) is 5.69 Å². The van der Waals surface area contributed by atoms with Crippen LogP contribution in [0.5, 0.6) is 5.75 Å². The van der Waals surface area contributed by atoms with Crippen molar-refractivity contribution in [1.82, 2.24) is 15.0 Å². The van der Waals surface area contributed by atoms with Crippen molar-refractivity contribution in [3.63, 3.8) is 0 Å². The van der Waals surface area contributed by atoms with Crippen LogP contribution in [0.15, 0.2) is 60.2 Å². The molecule has 150 valence electrons. The number of hydrogen-bond donors (Lipinski definition) is 1. The molecule has 0 spiro atoms. The SMILES string of the molecule is CC(=NNC(=O)C(C)Oc1cc(C)c(Cl)c(C)c1)c1ccc(-n2ccnc2)cc1. The van der Waals surface area contributed by atoms with Gasteiger partial charge in [0.1, 0.15) is 5.75 Å². The smallest absolute Gasteiger partial charge is 0.280 e. The highest BCUT2D eigenvalue weighted by Crippen LogP contribution is 2.26. The molecule has 1 aromatic heterocycles. The second-order valence-electron chi connectivity index (χ2n) is 6.82. The second-order valence-corrected chi connectivity index (χ2v) is 7.20. The van der Waals surface area contributed by atoms with Gasteiger partial charge in [-0.3, -0.25) is 4.79 Å². The first kappa shape index (κ1) is 20.6. The lowest BCUT2D eigenvalue weighted by atomic mass is 10.1. The van der Waals surface area contributed by atoms with Crippen LogP contribution in [-0.4, -0.2) is 27.3 Å². The molecule has 0 aliphatic carbocycles. The third kappa shape index (κ3) is 5.03. The molecule has 6 nitrogen and oxygen atoms in total. The van der Waals surface area contributed by atoms with Crippen molar-refractivity contribution in [3.8, 4) is 11.4 Å². The van der Waals surface area contributed by atoms with Crippen molar-refractivity contribution < 1.29 is 9.53 Å². The van der Waals surface area contributed by atoms with E-state index in [1.54, 1.807) is 19.4 Å². The number of imidazole rings is 1. The fourth-order valence-corrected chi connectivity index (χ4v) is 2.92. The lowest BCUT2D eigenvalue weighted by Crippen LogP contribution is -2.34. The van der Waals surface area contributed by atoms with E-state index in [0.717, 1.165) is 22.4 Å². The van der Waals surface area contributed by atoms with E-state index in [9.17, 15) is 4.79 Å². The van der Waals surface area contributed by atoms with Crippen molar-refractivity contribution in [2.45, 2.75) is 33.8 Å². The summed E-state index contributed by atoms with van der Waals surface area (Å²) in [5.41, 5.74) is 6.98. The van der Waals surface area contributed by atoms with Gasteiger partial charge in [-0.25, -0.2) is 10.4 Å². The zero-order chi connectivity index (χ0) is 21.0. The Kier molecular flexibility index (Phi) is 6.34. The van der Waals surface area contributed by atoms with Gasteiger partial charge in [0, 0.05) is 23.1 Å². The number of carbonyl (C=O) groups is 1. The maximum Gasteiger partial charge on any atom is 0.280 e. The maximum absolute atomic E-state index is 12.3. The Morgan fingerprint density at radius 1 is 1.21 bits per heavy atom. The molecule has 29 heavy (non-hydrogen) atoms. The number of ether oxygens (including phenoxy) is 1. The third-order valence-corrected chi connectivity index (χ3v) is 5.11. The summed E-state index contributed by atoms with van der Waals surface area (Å²) in [7, 11) is 0. The van der Waals surface area contributed by atoms with Crippen molar-refractivity contribution in [2.75, 3.05) is 0 Å². The Bertz CT molecular complexity index is 1000.